The third-order valence-electron chi connectivity index (χ3n) is 3.98. The topological polar surface area (TPSA) is 70.4 Å². The van der Waals surface area contributed by atoms with Gasteiger partial charge in [-0.15, -0.1) is 0 Å². The van der Waals surface area contributed by atoms with Gasteiger partial charge in [-0.2, -0.15) is 5.10 Å². The highest BCUT2D eigenvalue weighted by Crippen LogP contribution is 2.26. The van der Waals surface area contributed by atoms with Crippen LogP contribution in [-0.2, 0) is 10.2 Å². The van der Waals surface area contributed by atoms with Gasteiger partial charge < -0.3 is 10.4 Å². The van der Waals surface area contributed by atoms with Gasteiger partial charge in [0.2, 0.25) is 5.91 Å². The number of carbonyl (C=O) groups excluding carboxylic acids is 1. The number of anilines is 1. The fraction of sp³-hybridized carbons (Fsp3) is 0.474. The van der Waals surface area contributed by atoms with E-state index in [2.05, 4.69) is 31.2 Å². The minimum Gasteiger partial charge on any atom is -0.395 e. The molecular formula is C19H28N4O2. The number of aliphatic hydroxyl groups excluding tert-OH is 1. The molecule has 0 saturated carbocycles. The summed E-state index contributed by atoms with van der Waals surface area (Å²) < 4.78 is 1.76. The predicted molar refractivity (Wildman–Crippen MR) is 100 cm³/mol. The number of aromatic nitrogens is 2. The average Bonchev–Trinajstić information content (AvgIpc) is 2.99. The first-order valence-electron chi connectivity index (χ1n) is 8.64. The number of para-hydroxylation sites is 1. The zero-order valence-corrected chi connectivity index (χ0v) is 15.5. The lowest BCUT2D eigenvalue weighted by Gasteiger charge is -2.18. The number of likely N-dealkylation sites (N-methyl/N-ethyl adjacent to an activating group) is 1. The van der Waals surface area contributed by atoms with Gasteiger partial charge in [0.1, 0.15) is 5.82 Å². The van der Waals surface area contributed by atoms with Crippen LogP contribution in [0.5, 0.6) is 0 Å². The number of nitrogens with zero attached hydrogens (tertiary/aromatic N) is 3. The van der Waals surface area contributed by atoms with Gasteiger partial charge in [0, 0.05) is 18.0 Å². The largest absolute Gasteiger partial charge is 0.395 e. The molecule has 0 fully saturated rings. The molecule has 136 valence electrons. The molecule has 1 heterocycles. The van der Waals surface area contributed by atoms with E-state index >= 15 is 0 Å². The summed E-state index contributed by atoms with van der Waals surface area (Å²) in [5.41, 5.74) is 1.69. The number of carbonyl (C=O) groups is 1. The molecule has 0 aliphatic carbocycles. The van der Waals surface area contributed by atoms with Crippen LogP contribution in [0.1, 0.15) is 33.4 Å². The van der Waals surface area contributed by atoms with E-state index in [1.54, 1.807) is 4.68 Å². The molecule has 2 N–H and O–H groups in total. The summed E-state index contributed by atoms with van der Waals surface area (Å²) in [7, 11) is 0. The van der Waals surface area contributed by atoms with Crippen molar-refractivity contribution in [1.29, 1.82) is 0 Å². The van der Waals surface area contributed by atoms with Gasteiger partial charge in [-0.3, -0.25) is 9.69 Å². The number of amides is 1. The summed E-state index contributed by atoms with van der Waals surface area (Å²) in [5.74, 6) is 0.536. The lowest BCUT2D eigenvalue weighted by Crippen LogP contribution is -2.35. The third kappa shape index (κ3) is 5.14. The Kier molecular flexibility index (Phi) is 6.33. The lowest BCUT2D eigenvalue weighted by molar-refractivity contribution is -0.117. The van der Waals surface area contributed by atoms with Crippen molar-refractivity contribution in [2.45, 2.75) is 33.1 Å². The van der Waals surface area contributed by atoms with E-state index in [0.29, 0.717) is 18.9 Å². The highest BCUT2D eigenvalue weighted by Gasteiger charge is 2.21. The van der Waals surface area contributed by atoms with Crippen molar-refractivity contribution >= 4 is 11.7 Å². The number of hydrogen-bond donors (Lipinski definition) is 2. The lowest BCUT2D eigenvalue weighted by atomic mass is 9.92. The monoisotopic (exact) mass is 344 g/mol. The predicted octanol–water partition coefficient (Wildman–Crippen LogP) is 2.42. The summed E-state index contributed by atoms with van der Waals surface area (Å²) in [6, 6.07) is 11.7. The molecule has 1 amide bonds. The fourth-order valence-corrected chi connectivity index (χ4v) is 2.48. The standard InChI is InChI=1S/C19H28N4O2/c1-5-22(11-12-24)14-18(25)20-17-13-16(19(2,3)4)21-23(17)15-9-7-6-8-10-15/h6-10,13,24H,5,11-12,14H2,1-4H3,(H,20,25). The normalized spacial score (nSPS) is 11.8. The van der Waals surface area contributed by atoms with E-state index in [1.165, 1.54) is 0 Å². The maximum Gasteiger partial charge on any atom is 0.239 e. The second kappa shape index (κ2) is 8.27. The van der Waals surface area contributed by atoms with Crippen LogP contribution >= 0.6 is 0 Å². The molecule has 1 aromatic heterocycles. The van der Waals surface area contributed by atoms with Crippen molar-refractivity contribution < 1.29 is 9.90 Å². The zero-order chi connectivity index (χ0) is 18.4. The molecule has 0 saturated heterocycles. The first-order chi connectivity index (χ1) is 11.8. The zero-order valence-electron chi connectivity index (χ0n) is 15.5. The first kappa shape index (κ1) is 19.1. The molecule has 0 unspecified atom stereocenters. The molecule has 6 nitrogen and oxygen atoms in total. The number of aliphatic hydroxyl groups is 1. The molecule has 2 rings (SSSR count). The van der Waals surface area contributed by atoms with Crippen LogP contribution in [0.2, 0.25) is 0 Å². The quantitative estimate of drug-likeness (QED) is 0.809. The van der Waals surface area contributed by atoms with Crippen LogP contribution in [-0.4, -0.2) is 51.9 Å². The number of benzene rings is 1. The number of nitrogens with one attached hydrogen (secondary N) is 1. The SMILES string of the molecule is CCN(CCO)CC(=O)Nc1cc(C(C)(C)C)nn1-c1ccccc1. The Morgan fingerprint density at radius 1 is 1.28 bits per heavy atom. The second-order valence-electron chi connectivity index (χ2n) is 7.05. The van der Waals surface area contributed by atoms with E-state index in [-0.39, 0.29) is 24.5 Å². The maximum absolute atomic E-state index is 12.4. The summed E-state index contributed by atoms with van der Waals surface area (Å²) in [4.78, 5) is 14.3. The second-order valence-corrected chi connectivity index (χ2v) is 7.05. The Hall–Kier alpha value is -2.18. The maximum atomic E-state index is 12.4. The molecule has 0 aliphatic rings. The van der Waals surface area contributed by atoms with E-state index in [9.17, 15) is 4.79 Å². The minimum absolute atomic E-state index is 0.0389. The van der Waals surface area contributed by atoms with E-state index < -0.39 is 0 Å². The van der Waals surface area contributed by atoms with E-state index in [1.807, 2.05) is 48.2 Å². The van der Waals surface area contributed by atoms with Gasteiger partial charge in [0.05, 0.1) is 24.5 Å². The summed E-state index contributed by atoms with van der Waals surface area (Å²) in [5, 5.41) is 16.7. The Morgan fingerprint density at radius 2 is 1.96 bits per heavy atom. The van der Waals surface area contributed by atoms with Crippen molar-refractivity contribution in [1.82, 2.24) is 14.7 Å². The summed E-state index contributed by atoms with van der Waals surface area (Å²) in [6.07, 6.45) is 0. The van der Waals surface area contributed by atoms with E-state index in [0.717, 1.165) is 11.4 Å². The van der Waals surface area contributed by atoms with Crippen molar-refractivity contribution in [2.75, 3.05) is 31.6 Å². The van der Waals surface area contributed by atoms with Crippen molar-refractivity contribution in [3.63, 3.8) is 0 Å². The van der Waals surface area contributed by atoms with E-state index in [4.69, 9.17) is 5.11 Å². The molecule has 0 atom stereocenters. The highest BCUT2D eigenvalue weighted by atomic mass is 16.3. The summed E-state index contributed by atoms with van der Waals surface area (Å²) >= 11 is 0. The number of hydrogen-bond acceptors (Lipinski definition) is 4. The van der Waals surface area contributed by atoms with Crippen LogP contribution in [0.3, 0.4) is 0 Å². The van der Waals surface area contributed by atoms with Gasteiger partial charge in [0.25, 0.3) is 0 Å². The molecule has 0 bridgehead atoms. The Labute approximate surface area is 149 Å². The molecule has 0 spiro atoms. The van der Waals surface area contributed by atoms with Gasteiger partial charge in [-0.25, -0.2) is 4.68 Å². The molecular weight excluding hydrogens is 316 g/mol. The summed E-state index contributed by atoms with van der Waals surface area (Å²) in [6.45, 7) is 9.71. The molecule has 2 aromatic rings. The smallest absolute Gasteiger partial charge is 0.239 e. The van der Waals surface area contributed by atoms with Crippen LogP contribution < -0.4 is 5.32 Å². The average molecular weight is 344 g/mol. The molecule has 1 aromatic carbocycles. The Morgan fingerprint density at radius 3 is 2.52 bits per heavy atom. The fourth-order valence-electron chi connectivity index (χ4n) is 2.48. The molecule has 0 radical (unpaired) electrons. The van der Waals surface area contributed by atoms with Crippen LogP contribution in [0.4, 0.5) is 5.82 Å². The van der Waals surface area contributed by atoms with Gasteiger partial charge in [-0.1, -0.05) is 45.9 Å². The van der Waals surface area contributed by atoms with Gasteiger partial charge >= 0.3 is 0 Å². The third-order valence-corrected chi connectivity index (χ3v) is 3.98. The first-order valence-corrected chi connectivity index (χ1v) is 8.64. The van der Waals surface area contributed by atoms with Crippen molar-refractivity contribution in [3.05, 3.63) is 42.1 Å². The van der Waals surface area contributed by atoms with Crippen LogP contribution in [0.15, 0.2) is 36.4 Å². The van der Waals surface area contributed by atoms with Gasteiger partial charge in [-0.05, 0) is 18.7 Å². The van der Waals surface area contributed by atoms with Crippen molar-refractivity contribution in [3.8, 4) is 5.69 Å². The van der Waals surface area contributed by atoms with Crippen LogP contribution in [0, 0.1) is 0 Å². The highest BCUT2D eigenvalue weighted by molar-refractivity contribution is 5.91. The minimum atomic E-state index is -0.119. The molecule has 0 aliphatic heterocycles. The Balaban J connectivity index is 2.27. The molecule has 6 heteroatoms. The molecule has 25 heavy (non-hydrogen) atoms. The van der Waals surface area contributed by atoms with Crippen molar-refractivity contribution in [2.24, 2.45) is 0 Å². The van der Waals surface area contributed by atoms with Gasteiger partial charge in [0.15, 0.2) is 0 Å². The van der Waals surface area contributed by atoms with Crippen LogP contribution in [0.25, 0.3) is 5.69 Å². The number of rotatable bonds is 7. The Bertz CT molecular complexity index is 689.